The Kier molecular flexibility index (Phi) is 5.31. The zero-order valence-corrected chi connectivity index (χ0v) is 11.3. The predicted molar refractivity (Wildman–Crippen MR) is 73.5 cm³/mol. The van der Waals surface area contributed by atoms with Gasteiger partial charge in [-0.25, -0.2) is 0 Å². The molecule has 0 aliphatic heterocycles. The number of carbonyl (C=O) groups excluding carboxylic acids is 1. The largest absolute Gasteiger partial charge is 0.394 e. The van der Waals surface area contributed by atoms with Gasteiger partial charge in [-0.15, -0.1) is 0 Å². The average molecular weight is 250 g/mol. The summed E-state index contributed by atoms with van der Waals surface area (Å²) in [5.74, 6) is -0.0122. The lowest BCUT2D eigenvalue weighted by Crippen LogP contribution is -2.45. The lowest BCUT2D eigenvalue weighted by molar-refractivity contribution is -0.116. The van der Waals surface area contributed by atoms with E-state index in [4.69, 9.17) is 0 Å². The number of nitrogens with one attached hydrogen (secondary N) is 1. The van der Waals surface area contributed by atoms with Crippen LogP contribution in [0.3, 0.4) is 0 Å². The van der Waals surface area contributed by atoms with Gasteiger partial charge in [-0.1, -0.05) is 18.2 Å². The highest BCUT2D eigenvalue weighted by molar-refractivity contribution is 5.90. The number of hydrogen-bond donors (Lipinski definition) is 2. The normalized spacial score (nSPS) is 11.6. The van der Waals surface area contributed by atoms with Gasteiger partial charge >= 0.3 is 0 Å². The second-order valence-corrected chi connectivity index (χ2v) is 5.06. The summed E-state index contributed by atoms with van der Waals surface area (Å²) in [6, 6.07) is 9.40. The molecule has 0 saturated heterocycles. The molecular weight excluding hydrogens is 228 g/mol. The molecule has 4 nitrogen and oxygen atoms in total. The number of rotatable bonds is 6. The summed E-state index contributed by atoms with van der Waals surface area (Å²) in [6.45, 7) is 4.58. The summed E-state index contributed by atoms with van der Waals surface area (Å²) in [6.07, 6.45) is 0.412. The molecule has 1 rings (SSSR count). The molecule has 0 radical (unpaired) electrons. The Morgan fingerprint density at radius 3 is 2.50 bits per heavy atom. The van der Waals surface area contributed by atoms with Crippen molar-refractivity contribution in [2.75, 3.05) is 25.5 Å². The zero-order valence-electron chi connectivity index (χ0n) is 11.3. The lowest BCUT2D eigenvalue weighted by Gasteiger charge is -2.33. The van der Waals surface area contributed by atoms with E-state index in [0.29, 0.717) is 13.0 Å². The molecule has 1 aromatic carbocycles. The lowest BCUT2D eigenvalue weighted by atomic mass is 10.1. The molecule has 2 N–H and O–H groups in total. The number of amides is 1. The van der Waals surface area contributed by atoms with Gasteiger partial charge in [-0.2, -0.15) is 0 Å². The Balaban J connectivity index is 2.38. The second-order valence-electron chi connectivity index (χ2n) is 5.06. The summed E-state index contributed by atoms with van der Waals surface area (Å²) < 4.78 is 0. The van der Waals surface area contributed by atoms with Gasteiger partial charge in [0.1, 0.15) is 0 Å². The smallest absolute Gasteiger partial charge is 0.225 e. The highest BCUT2D eigenvalue weighted by Crippen LogP contribution is 2.11. The number of para-hydroxylation sites is 1. The first-order valence-electron chi connectivity index (χ1n) is 6.13. The van der Waals surface area contributed by atoms with Gasteiger partial charge in [-0.3, -0.25) is 9.69 Å². The number of hydrogen-bond acceptors (Lipinski definition) is 3. The van der Waals surface area contributed by atoms with Crippen LogP contribution in [0.2, 0.25) is 0 Å². The fourth-order valence-electron chi connectivity index (χ4n) is 1.44. The second kappa shape index (κ2) is 6.52. The predicted octanol–water partition coefficient (Wildman–Crippen LogP) is 1.72. The van der Waals surface area contributed by atoms with Gasteiger partial charge in [0.2, 0.25) is 5.91 Å². The van der Waals surface area contributed by atoms with Gasteiger partial charge in [0, 0.05) is 24.2 Å². The minimum Gasteiger partial charge on any atom is -0.394 e. The summed E-state index contributed by atoms with van der Waals surface area (Å²) in [7, 11) is 1.91. The minimum absolute atomic E-state index is 0.0122. The van der Waals surface area contributed by atoms with Crippen LogP contribution in [0.1, 0.15) is 20.3 Å². The average Bonchev–Trinajstić information content (AvgIpc) is 2.37. The standard InChI is InChI=1S/C14H22N2O2/c1-14(2,11-17)16(3)10-9-13(18)15-12-7-5-4-6-8-12/h4-8,17H,9-11H2,1-3H3,(H,15,18). The molecule has 0 bridgehead atoms. The van der Waals surface area contributed by atoms with Crippen LogP contribution in [-0.2, 0) is 4.79 Å². The van der Waals surface area contributed by atoms with Crippen molar-refractivity contribution in [3.8, 4) is 0 Å². The SMILES string of the molecule is CN(CCC(=O)Nc1ccccc1)C(C)(C)CO. The molecule has 1 aromatic rings. The maximum atomic E-state index is 11.7. The number of aliphatic hydroxyl groups excluding tert-OH is 1. The first kappa shape index (κ1) is 14.7. The highest BCUT2D eigenvalue weighted by Gasteiger charge is 2.22. The van der Waals surface area contributed by atoms with E-state index in [1.807, 2.05) is 56.1 Å². The molecule has 0 aliphatic rings. The van der Waals surface area contributed by atoms with Crippen LogP contribution in [0, 0.1) is 0 Å². The Morgan fingerprint density at radius 2 is 1.94 bits per heavy atom. The minimum atomic E-state index is -0.299. The molecular formula is C14H22N2O2. The van der Waals surface area contributed by atoms with Crippen molar-refractivity contribution in [2.24, 2.45) is 0 Å². The molecule has 4 heteroatoms. The third-order valence-corrected chi connectivity index (χ3v) is 3.15. The Bertz CT molecular complexity index is 377. The molecule has 0 aliphatic carbocycles. The van der Waals surface area contributed by atoms with Crippen molar-refractivity contribution in [3.05, 3.63) is 30.3 Å². The van der Waals surface area contributed by atoms with Gasteiger partial charge in [0.25, 0.3) is 0 Å². The maximum Gasteiger partial charge on any atom is 0.225 e. The first-order valence-corrected chi connectivity index (χ1v) is 6.13. The van der Waals surface area contributed by atoms with Crippen molar-refractivity contribution in [1.82, 2.24) is 4.90 Å². The zero-order chi connectivity index (χ0) is 13.6. The van der Waals surface area contributed by atoms with E-state index in [9.17, 15) is 9.90 Å². The van der Waals surface area contributed by atoms with Crippen molar-refractivity contribution in [1.29, 1.82) is 0 Å². The molecule has 0 atom stereocenters. The Labute approximate surface area is 109 Å². The summed E-state index contributed by atoms with van der Waals surface area (Å²) in [5, 5.41) is 12.1. The van der Waals surface area contributed by atoms with Gasteiger partial charge in [0.15, 0.2) is 0 Å². The third-order valence-electron chi connectivity index (χ3n) is 3.15. The van der Waals surface area contributed by atoms with E-state index in [2.05, 4.69) is 5.32 Å². The van der Waals surface area contributed by atoms with Gasteiger partial charge < -0.3 is 10.4 Å². The van der Waals surface area contributed by atoms with E-state index in [-0.39, 0.29) is 18.1 Å². The molecule has 0 unspecified atom stereocenters. The Morgan fingerprint density at radius 1 is 1.33 bits per heavy atom. The quantitative estimate of drug-likeness (QED) is 0.808. The van der Waals surface area contributed by atoms with E-state index in [0.717, 1.165) is 5.69 Å². The van der Waals surface area contributed by atoms with Crippen LogP contribution < -0.4 is 5.32 Å². The molecule has 0 saturated carbocycles. The van der Waals surface area contributed by atoms with E-state index >= 15 is 0 Å². The number of nitrogens with zero attached hydrogens (tertiary/aromatic N) is 1. The molecule has 100 valence electrons. The van der Waals surface area contributed by atoms with E-state index < -0.39 is 0 Å². The maximum absolute atomic E-state index is 11.7. The number of aliphatic hydroxyl groups is 1. The van der Waals surface area contributed by atoms with Crippen LogP contribution in [0.4, 0.5) is 5.69 Å². The fraction of sp³-hybridized carbons (Fsp3) is 0.500. The number of likely N-dealkylation sites (N-methyl/N-ethyl adjacent to an activating group) is 1. The third kappa shape index (κ3) is 4.47. The highest BCUT2D eigenvalue weighted by atomic mass is 16.3. The molecule has 0 spiro atoms. The monoisotopic (exact) mass is 250 g/mol. The first-order chi connectivity index (χ1) is 8.45. The van der Waals surface area contributed by atoms with Crippen molar-refractivity contribution < 1.29 is 9.90 Å². The van der Waals surface area contributed by atoms with Gasteiger partial charge in [0.05, 0.1) is 6.61 Å². The topological polar surface area (TPSA) is 52.6 Å². The van der Waals surface area contributed by atoms with Crippen LogP contribution in [0.15, 0.2) is 30.3 Å². The number of anilines is 1. The van der Waals surface area contributed by atoms with E-state index in [1.54, 1.807) is 0 Å². The van der Waals surface area contributed by atoms with Gasteiger partial charge in [-0.05, 0) is 33.0 Å². The van der Waals surface area contributed by atoms with Crippen molar-refractivity contribution in [3.63, 3.8) is 0 Å². The van der Waals surface area contributed by atoms with Crippen LogP contribution in [0.25, 0.3) is 0 Å². The molecule has 1 amide bonds. The summed E-state index contributed by atoms with van der Waals surface area (Å²) in [5.41, 5.74) is 0.513. The molecule has 18 heavy (non-hydrogen) atoms. The van der Waals surface area contributed by atoms with Crippen LogP contribution >= 0.6 is 0 Å². The molecule has 0 aromatic heterocycles. The van der Waals surface area contributed by atoms with Crippen molar-refractivity contribution >= 4 is 11.6 Å². The number of carbonyl (C=O) groups is 1. The number of benzene rings is 1. The fourth-order valence-corrected chi connectivity index (χ4v) is 1.44. The molecule has 0 heterocycles. The summed E-state index contributed by atoms with van der Waals surface area (Å²) >= 11 is 0. The van der Waals surface area contributed by atoms with E-state index in [1.165, 1.54) is 0 Å². The summed E-state index contributed by atoms with van der Waals surface area (Å²) in [4.78, 5) is 13.7. The van der Waals surface area contributed by atoms with Crippen LogP contribution in [-0.4, -0.2) is 41.7 Å². The Hall–Kier alpha value is -1.39. The molecule has 0 fully saturated rings. The van der Waals surface area contributed by atoms with Crippen molar-refractivity contribution in [2.45, 2.75) is 25.8 Å². The van der Waals surface area contributed by atoms with Crippen LogP contribution in [0.5, 0.6) is 0 Å².